The Labute approximate surface area is 210 Å². The normalized spacial score (nSPS) is 13.1. The lowest BCUT2D eigenvalue weighted by Gasteiger charge is -2.33. The molecule has 0 aliphatic heterocycles. The molecule has 1 N–H and O–H groups in total. The Hall–Kier alpha value is -2.87. The second-order valence-corrected chi connectivity index (χ2v) is 11.2. The van der Waals surface area contributed by atoms with Crippen LogP contribution in [-0.4, -0.2) is 50.0 Å². The third-order valence-corrected chi connectivity index (χ3v) is 7.46. The van der Waals surface area contributed by atoms with Gasteiger partial charge in [-0.05, 0) is 69.4 Å². The zero-order chi connectivity index (χ0) is 26.3. The monoisotopic (exact) mass is 501 g/mol. The van der Waals surface area contributed by atoms with Gasteiger partial charge in [0.05, 0.1) is 11.9 Å². The summed E-state index contributed by atoms with van der Waals surface area (Å²) in [6.07, 6.45) is 2.26. The van der Waals surface area contributed by atoms with Crippen LogP contribution in [0.15, 0.2) is 42.5 Å². The van der Waals surface area contributed by atoms with Gasteiger partial charge in [-0.25, -0.2) is 8.42 Å². The van der Waals surface area contributed by atoms with Gasteiger partial charge in [-0.2, -0.15) is 0 Å². The summed E-state index contributed by atoms with van der Waals surface area (Å²) in [6, 6.07) is 12.3. The maximum atomic E-state index is 13.7. The van der Waals surface area contributed by atoms with Crippen LogP contribution in [0.5, 0.6) is 0 Å². The Morgan fingerprint density at radius 1 is 0.943 bits per heavy atom. The smallest absolute Gasteiger partial charge is 0.244 e. The maximum Gasteiger partial charge on any atom is 0.244 e. The number of hydrogen-bond acceptors (Lipinski definition) is 4. The molecule has 8 heteroatoms. The molecule has 0 heterocycles. The fourth-order valence-electron chi connectivity index (χ4n) is 3.75. The lowest BCUT2D eigenvalue weighted by molar-refractivity contribution is -0.140. The van der Waals surface area contributed by atoms with Crippen molar-refractivity contribution in [2.24, 2.45) is 0 Å². The minimum absolute atomic E-state index is 0.0315. The number of carbonyl (C=O) groups excluding carboxylic acids is 2. The molecule has 35 heavy (non-hydrogen) atoms. The van der Waals surface area contributed by atoms with Crippen LogP contribution in [0.2, 0.25) is 0 Å². The Morgan fingerprint density at radius 3 is 2.09 bits per heavy atom. The highest BCUT2D eigenvalue weighted by Gasteiger charge is 2.32. The van der Waals surface area contributed by atoms with Gasteiger partial charge in [0.1, 0.15) is 12.6 Å². The Balaban J connectivity index is 2.45. The van der Waals surface area contributed by atoms with E-state index in [-0.39, 0.29) is 25.0 Å². The van der Waals surface area contributed by atoms with Crippen LogP contribution >= 0.6 is 0 Å². The predicted octanol–water partition coefficient (Wildman–Crippen LogP) is 4.10. The number of sulfonamides is 1. The van der Waals surface area contributed by atoms with Crippen molar-refractivity contribution >= 4 is 27.5 Å². The fourth-order valence-corrected chi connectivity index (χ4v) is 4.59. The maximum absolute atomic E-state index is 13.7. The lowest BCUT2D eigenvalue weighted by atomic mass is 10.1. The number of aryl methyl sites for hydroxylation is 3. The van der Waals surface area contributed by atoms with E-state index in [1.54, 1.807) is 12.1 Å². The fraction of sp³-hybridized carbons (Fsp3) is 0.481. The SMILES string of the molecule is CC[C@H](C)NC(=O)[C@H](CC)N(Cc1ccc(C)cc1)C(=O)CN(c1ccc(C)c(C)c1)S(C)(=O)=O. The molecule has 0 saturated carbocycles. The first-order valence-electron chi connectivity index (χ1n) is 12.1. The van der Waals surface area contributed by atoms with Gasteiger partial charge in [0.25, 0.3) is 0 Å². The average Bonchev–Trinajstić information content (AvgIpc) is 2.79. The number of anilines is 1. The van der Waals surface area contributed by atoms with Gasteiger partial charge >= 0.3 is 0 Å². The van der Waals surface area contributed by atoms with E-state index in [0.29, 0.717) is 12.1 Å². The van der Waals surface area contributed by atoms with Crippen molar-refractivity contribution in [2.45, 2.75) is 73.0 Å². The first-order valence-corrected chi connectivity index (χ1v) is 13.9. The van der Waals surface area contributed by atoms with E-state index >= 15 is 0 Å². The molecule has 0 bridgehead atoms. The quantitative estimate of drug-likeness (QED) is 0.502. The molecule has 0 aromatic heterocycles. The average molecular weight is 502 g/mol. The first kappa shape index (κ1) is 28.4. The van der Waals surface area contributed by atoms with Crippen molar-refractivity contribution in [3.63, 3.8) is 0 Å². The molecule has 0 spiro atoms. The van der Waals surface area contributed by atoms with Crippen molar-refractivity contribution in [3.05, 3.63) is 64.7 Å². The number of amides is 2. The number of nitrogens with zero attached hydrogens (tertiary/aromatic N) is 2. The number of nitrogens with one attached hydrogen (secondary N) is 1. The van der Waals surface area contributed by atoms with Gasteiger partial charge in [0, 0.05) is 12.6 Å². The van der Waals surface area contributed by atoms with E-state index in [1.807, 2.05) is 71.9 Å². The number of hydrogen-bond donors (Lipinski definition) is 1. The standard InChI is InChI=1S/C27H39N3O4S/c1-8-22(6)28-27(32)25(9-2)29(17-23-13-10-19(3)11-14-23)26(31)18-30(35(7,33)34)24-15-12-20(4)21(5)16-24/h10-16,22,25H,8-9,17-18H2,1-7H3,(H,28,32)/t22-,25-/m0/s1. The van der Waals surface area contributed by atoms with Gasteiger partial charge < -0.3 is 10.2 Å². The predicted molar refractivity (Wildman–Crippen MR) is 142 cm³/mol. The molecular formula is C27H39N3O4S. The molecule has 0 radical (unpaired) electrons. The van der Waals surface area contributed by atoms with Crippen molar-refractivity contribution < 1.29 is 18.0 Å². The zero-order valence-corrected chi connectivity index (χ0v) is 22.8. The second kappa shape index (κ2) is 12.2. The van der Waals surface area contributed by atoms with Crippen LogP contribution in [0, 0.1) is 20.8 Å². The second-order valence-electron chi connectivity index (χ2n) is 9.29. The van der Waals surface area contributed by atoms with Crippen molar-refractivity contribution in [3.8, 4) is 0 Å². The van der Waals surface area contributed by atoms with E-state index in [4.69, 9.17) is 0 Å². The molecule has 0 fully saturated rings. The number of benzene rings is 2. The highest BCUT2D eigenvalue weighted by molar-refractivity contribution is 7.92. The molecule has 2 aromatic rings. The molecule has 2 rings (SSSR count). The van der Waals surface area contributed by atoms with Gasteiger partial charge in [0.15, 0.2) is 0 Å². The topological polar surface area (TPSA) is 86.8 Å². The molecule has 0 saturated heterocycles. The molecule has 2 aromatic carbocycles. The van der Waals surface area contributed by atoms with Crippen molar-refractivity contribution in [2.75, 3.05) is 17.1 Å². The summed E-state index contributed by atoms with van der Waals surface area (Å²) in [5, 5.41) is 2.98. The largest absolute Gasteiger partial charge is 0.352 e. The van der Waals surface area contributed by atoms with Crippen LogP contribution in [0.1, 0.15) is 55.9 Å². The summed E-state index contributed by atoms with van der Waals surface area (Å²) in [4.78, 5) is 28.3. The van der Waals surface area contributed by atoms with Gasteiger partial charge in [-0.15, -0.1) is 0 Å². The van der Waals surface area contributed by atoms with Crippen molar-refractivity contribution in [1.82, 2.24) is 10.2 Å². The highest BCUT2D eigenvalue weighted by atomic mass is 32.2. The van der Waals surface area contributed by atoms with E-state index in [0.717, 1.165) is 39.2 Å². The minimum atomic E-state index is -3.74. The molecule has 0 aliphatic carbocycles. The Morgan fingerprint density at radius 2 is 1.57 bits per heavy atom. The summed E-state index contributed by atoms with van der Waals surface area (Å²) in [6.45, 7) is 11.4. The van der Waals surface area contributed by atoms with E-state index < -0.39 is 22.0 Å². The van der Waals surface area contributed by atoms with E-state index in [9.17, 15) is 18.0 Å². The van der Waals surface area contributed by atoms with E-state index in [1.165, 1.54) is 4.90 Å². The molecule has 2 atom stereocenters. The summed E-state index contributed by atoms with van der Waals surface area (Å²) >= 11 is 0. The van der Waals surface area contributed by atoms with Crippen LogP contribution in [-0.2, 0) is 26.2 Å². The van der Waals surface area contributed by atoms with E-state index in [2.05, 4.69) is 5.32 Å². The highest BCUT2D eigenvalue weighted by Crippen LogP contribution is 2.22. The zero-order valence-electron chi connectivity index (χ0n) is 22.0. The summed E-state index contributed by atoms with van der Waals surface area (Å²) in [5.74, 6) is -0.667. The molecule has 0 aliphatic rings. The third kappa shape index (κ3) is 7.82. The summed E-state index contributed by atoms with van der Waals surface area (Å²) in [7, 11) is -3.74. The first-order chi connectivity index (χ1) is 16.4. The molecule has 2 amide bonds. The lowest BCUT2D eigenvalue weighted by Crippen LogP contribution is -2.53. The van der Waals surface area contributed by atoms with Gasteiger partial charge in [0.2, 0.25) is 21.8 Å². The van der Waals surface area contributed by atoms with Crippen LogP contribution < -0.4 is 9.62 Å². The van der Waals surface area contributed by atoms with Crippen LogP contribution in [0.4, 0.5) is 5.69 Å². The summed E-state index contributed by atoms with van der Waals surface area (Å²) in [5.41, 5.74) is 4.35. The molecule has 7 nitrogen and oxygen atoms in total. The Bertz CT molecular complexity index is 1130. The van der Waals surface area contributed by atoms with Crippen LogP contribution in [0.3, 0.4) is 0 Å². The van der Waals surface area contributed by atoms with Crippen LogP contribution in [0.25, 0.3) is 0 Å². The number of carbonyl (C=O) groups is 2. The van der Waals surface area contributed by atoms with Gasteiger partial charge in [-0.1, -0.05) is 49.7 Å². The molecule has 0 unspecified atom stereocenters. The Kier molecular flexibility index (Phi) is 9.89. The third-order valence-electron chi connectivity index (χ3n) is 6.32. The molecular weight excluding hydrogens is 462 g/mol. The van der Waals surface area contributed by atoms with Gasteiger partial charge in [-0.3, -0.25) is 13.9 Å². The molecule has 192 valence electrons. The minimum Gasteiger partial charge on any atom is -0.352 e. The number of rotatable bonds is 11. The summed E-state index contributed by atoms with van der Waals surface area (Å²) < 4.78 is 26.5. The van der Waals surface area contributed by atoms with Crippen molar-refractivity contribution in [1.29, 1.82) is 0 Å².